The molecule has 0 heterocycles. The van der Waals surface area contributed by atoms with Crippen molar-refractivity contribution in [2.75, 3.05) is 27.7 Å². The largest absolute Gasteiger partial charge is 0.501 e. The van der Waals surface area contributed by atoms with Gasteiger partial charge in [-0.1, -0.05) is 30.3 Å². The molecule has 1 rings (SSSR count). The Balaban J connectivity index is 2.23. The normalized spacial score (nSPS) is 13.9. The summed E-state index contributed by atoms with van der Waals surface area (Å²) in [4.78, 5) is 0. The first-order valence-electron chi connectivity index (χ1n) is 6.14. The lowest BCUT2D eigenvalue weighted by Crippen LogP contribution is -2.43. The Kier molecular flexibility index (Phi) is 5.23. The molecule has 17 heavy (non-hydrogen) atoms. The molecule has 0 aliphatic rings. The molecule has 0 spiro atoms. The fraction of sp³-hybridized carbons (Fsp3) is 0.467. The number of quaternary nitrogens is 1. The first-order valence-corrected chi connectivity index (χ1v) is 6.14. The van der Waals surface area contributed by atoms with Gasteiger partial charge in [0.05, 0.1) is 40.1 Å². The third-order valence-electron chi connectivity index (χ3n) is 3.13. The van der Waals surface area contributed by atoms with E-state index >= 15 is 0 Å². The predicted molar refractivity (Wildman–Crippen MR) is 73.5 cm³/mol. The van der Waals surface area contributed by atoms with Crippen LogP contribution in [0.2, 0.25) is 0 Å². The molecular weight excluding hydrogens is 210 g/mol. The van der Waals surface area contributed by atoms with Gasteiger partial charge < -0.3 is 9.22 Å². The maximum atomic E-state index is 5.51. The zero-order chi connectivity index (χ0) is 12.7. The minimum atomic E-state index is 0.611. The molecule has 0 saturated carbocycles. The van der Waals surface area contributed by atoms with Crippen LogP contribution >= 0.6 is 0 Å². The van der Waals surface area contributed by atoms with E-state index in [0.29, 0.717) is 6.04 Å². The fourth-order valence-corrected chi connectivity index (χ4v) is 1.38. The summed E-state index contributed by atoms with van der Waals surface area (Å²) >= 11 is 0. The van der Waals surface area contributed by atoms with Gasteiger partial charge in [0.25, 0.3) is 0 Å². The zero-order valence-electron chi connectivity index (χ0n) is 11.4. The van der Waals surface area contributed by atoms with E-state index in [1.807, 2.05) is 24.3 Å². The lowest BCUT2D eigenvalue weighted by Gasteiger charge is -2.31. The molecule has 1 unspecified atom stereocenters. The van der Waals surface area contributed by atoms with Crippen molar-refractivity contribution in [3.8, 4) is 0 Å². The third-order valence-corrected chi connectivity index (χ3v) is 3.13. The first-order chi connectivity index (χ1) is 8.00. The van der Waals surface area contributed by atoms with Gasteiger partial charge in [0.15, 0.2) is 0 Å². The molecule has 2 nitrogen and oxygen atoms in total. The molecule has 0 amide bonds. The summed E-state index contributed by atoms with van der Waals surface area (Å²) in [6.07, 6.45) is 4.86. The second-order valence-corrected chi connectivity index (χ2v) is 5.34. The SMILES string of the molecule is CC(CCOC=Cc1ccccc1)[N+](C)(C)C. The van der Waals surface area contributed by atoms with Gasteiger partial charge in [-0.15, -0.1) is 0 Å². The molecular formula is C15H24NO+. The van der Waals surface area contributed by atoms with Crippen LogP contribution in [-0.4, -0.2) is 38.3 Å². The van der Waals surface area contributed by atoms with Crippen LogP contribution in [-0.2, 0) is 4.74 Å². The van der Waals surface area contributed by atoms with E-state index in [4.69, 9.17) is 4.74 Å². The molecule has 0 aliphatic heterocycles. The Labute approximate surface area is 105 Å². The van der Waals surface area contributed by atoms with Gasteiger partial charge in [-0.25, -0.2) is 0 Å². The van der Waals surface area contributed by atoms with Crippen molar-refractivity contribution >= 4 is 6.08 Å². The topological polar surface area (TPSA) is 9.23 Å². The van der Waals surface area contributed by atoms with Crippen LogP contribution in [0.15, 0.2) is 36.6 Å². The minimum Gasteiger partial charge on any atom is -0.501 e. The van der Waals surface area contributed by atoms with Gasteiger partial charge in [-0.2, -0.15) is 0 Å². The lowest BCUT2D eigenvalue weighted by molar-refractivity contribution is -0.894. The summed E-state index contributed by atoms with van der Waals surface area (Å²) in [7, 11) is 6.64. The minimum absolute atomic E-state index is 0.611. The van der Waals surface area contributed by atoms with E-state index in [9.17, 15) is 0 Å². The van der Waals surface area contributed by atoms with Gasteiger partial charge in [-0.3, -0.25) is 0 Å². The van der Waals surface area contributed by atoms with Crippen LogP contribution in [0.1, 0.15) is 18.9 Å². The van der Waals surface area contributed by atoms with E-state index in [1.165, 1.54) is 5.56 Å². The van der Waals surface area contributed by atoms with E-state index in [0.717, 1.165) is 17.5 Å². The lowest BCUT2D eigenvalue weighted by atomic mass is 10.2. The molecule has 0 N–H and O–H groups in total. The number of hydrogen-bond donors (Lipinski definition) is 0. The summed E-state index contributed by atoms with van der Waals surface area (Å²) < 4.78 is 6.49. The Bertz CT molecular complexity index is 338. The smallest absolute Gasteiger partial charge is 0.0929 e. The Morgan fingerprint density at radius 3 is 2.41 bits per heavy atom. The van der Waals surface area contributed by atoms with Gasteiger partial charge in [0, 0.05) is 6.42 Å². The molecule has 1 atom stereocenters. The summed E-state index contributed by atoms with van der Waals surface area (Å²) in [5.41, 5.74) is 1.17. The predicted octanol–water partition coefficient (Wildman–Crippen LogP) is 3.16. The van der Waals surface area contributed by atoms with Gasteiger partial charge >= 0.3 is 0 Å². The van der Waals surface area contributed by atoms with Crippen LogP contribution in [0, 0.1) is 0 Å². The van der Waals surface area contributed by atoms with E-state index in [1.54, 1.807) is 6.26 Å². The van der Waals surface area contributed by atoms with Crippen LogP contribution in [0.5, 0.6) is 0 Å². The van der Waals surface area contributed by atoms with Crippen LogP contribution in [0.25, 0.3) is 6.08 Å². The quantitative estimate of drug-likeness (QED) is 0.417. The molecule has 94 valence electrons. The Hall–Kier alpha value is -1.28. The van der Waals surface area contributed by atoms with Crippen molar-refractivity contribution in [1.29, 1.82) is 0 Å². The molecule has 1 aromatic carbocycles. The van der Waals surface area contributed by atoms with Gasteiger partial charge in [-0.05, 0) is 18.6 Å². The Morgan fingerprint density at radius 2 is 1.82 bits per heavy atom. The summed E-state index contributed by atoms with van der Waals surface area (Å²) in [5, 5.41) is 0. The van der Waals surface area contributed by atoms with Crippen molar-refractivity contribution in [3.05, 3.63) is 42.2 Å². The number of rotatable bonds is 6. The molecule has 0 bridgehead atoms. The van der Waals surface area contributed by atoms with Crippen molar-refractivity contribution < 1.29 is 9.22 Å². The molecule has 0 fully saturated rings. The van der Waals surface area contributed by atoms with Crippen LogP contribution < -0.4 is 0 Å². The molecule has 2 heteroatoms. The van der Waals surface area contributed by atoms with Crippen molar-refractivity contribution in [3.63, 3.8) is 0 Å². The first kappa shape index (κ1) is 13.8. The fourth-order valence-electron chi connectivity index (χ4n) is 1.38. The van der Waals surface area contributed by atoms with Crippen LogP contribution in [0.4, 0.5) is 0 Å². The summed E-state index contributed by atoms with van der Waals surface area (Å²) in [6.45, 7) is 3.03. The van der Waals surface area contributed by atoms with Crippen molar-refractivity contribution in [2.24, 2.45) is 0 Å². The molecule has 0 radical (unpaired) electrons. The van der Waals surface area contributed by atoms with Gasteiger partial charge in [0.2, 0.25) is 0 Å². The highest BCUT2D eigenvalue weighted by Gasteiger charge is 2.17. The molecule has 0 aromatic heterocycles. The highest BCUT2D eigenvalue weighted by Crippen LogP contribution is 2.07. The summed E-state index contributed by atoms with van der Waals surface area (Å²) in [5.74, 6) is 0. The molecule has 1 aromatic rings. The van der Waals surface area contributed by atoms with E-state index in [2.05, 4.69) is 40.2 Å². The highest BCUT2D eigenvalue weighted by molar-refractivity contribution is 5.47. The number of hydrogen-bond acceptors (Lipinski definition) is 1. The van der Waals surface area contributed by atoms with Gasteiger partial charge in [0.1, 0.15) is 0 Å². The second-order valence-electron chi connectivity index (χ2n) is 5.34. The van der Waals surface area contributed by atoms with Crippen LogP contribution in [0.3, 0.4) is 0 Å². The average molecular weight is 234 g/mol. The maximum absolute atomic E-state index is 5.51. The number of ether oxygens (including phenoxy) is 1. The van der Waals surface area contributed by atoms with Crippen molar-refractivity contribution in [1.82, 2.24) is 0 Å². The van der Waals surface area contributed by atoms with E-state index in [-0.39, 0.29) is 0 Å². The maximum Gasteiger partial charge on any atom is 0.0929 e. The van der Waals surface area contributed by atoms with Crippen molar-refractivity contribution in [2.45, 2.75) is 19.4 Å². The standard InChI is InChI=1S/C15H24NO/c1-14(16(2,3)4)10-12-17-13-11-15-8-6-5-7-9-15/h5-9,11,13-14H,10,12H2,1-4H3/q+1. The van der Waals surface area contributed by atoms with E-state index < -0.39 is 0 Å². The zero-order valence-corrected chi connectivity index (χ0v) is 11.4. The number of benzene rings is 1. The monoisotopic (exact) mass is 234 g/mol. The average Bonchev–Trinajstić information content (AvgIpc) is 2.28. The number of nitrogens with zero attached hydrogens (tertiary/aromatic N) is 1. The highest BCUT2D eigenvalue weighted by atomic mass is 16.5. The second kappa shape index (κ2) is 6.45. The molecule has 0 saturated heterocycles. The summed E-state index contributed by atoms with van der Waals surface area (Å²) in [6, 6.07) is 10.8. The Morgan fingerprint density at radius 1 is 1.18 bits per heavy atom. The third kappa shape index (κ3) is 5.55. The molecule has 0 aliphatic carbocycles.